The van der Waals surface area contributed by atoms with Gasteiger partial charge in [-0.05, 0) is 36.1 Å². The molecular weight excluding hydrogens is 368 g/mol. The fourth-order valence-electron chi connectivity index (χ4n) is 4.48. The number of hydrogen-bond donors (Lipinski definition) is 1. The molecule has 1 fully saturated rings. The third-order valence-corrected chi connectivity index (χ3v) is 6.06. The molecule has 3 aromatic carbocycles. The first-order chi connectivity index (χ1) is 14.8. The molecule has 156 valence electrons. The predicted octanol–water partition coefficient (Wildman–Crippen LogP) is 4.54. The van der Waals surface area contributed by atoms with E-state index in [1.807, 2.05) is 30.3 Å². The summed E-state index contributed by atoms with van der Waals surface area (Å²) in [4.78, 5) is 5.09. The molecule has 30 heavy (non-hydrogen) atoms. The van der Waals surface area contributed by atoms with Crippen LogP contribution in [0.25, 0.3) is 0 Å². The van der Waals surface area contributed by atoms with Crippen molar-refractivity contribution in [2.45, 2.75) is 31.5 Å². The van der Waals surface area contributed by atoms with Crippen LogP contribution < -0.4 is 0 Å². The Morgan fingerprint density at radius 2 is 1.37 bits per heavy atom. The van der Waals surface area contributed by atoms with E-state index in [1.54, 1.807) is 0 Å². The number of aliphatic hydroxyl groups is 1. The Bertz CT molecular complexity index is 869. The van der Waals surface area contributed by atoms with Crippen LogP contribution in [0.4, 0.5) is 0 Å². The lowest BCUT2D eigenvalue weighted by Crippen LogP contribution is -2.43. The lowest BCUT2D eigenvalue weighted by atomic mass is 10.0. The lowest BCUT2D eigenvalue weighted by molar-refractivity contribution is 0.101. The Labute approximate surface area is 180 Å². The first-order valence-electron chi connectivity index (χ1n) is 11.1. The van der Waals surface area contributed by atoms with Crippen LogP contribution in [0.2, 0.25) is 0 Å². The third-order valence-electron chi connectivity index (χ3n) is 6.06. The summed E-state index contributed by atoms with van der Waals surface area (Å²) in [7, 11) is 0. The summed E-state index contributed by atoms with van der Waals surface area (Å²) >= 11 is 0. The normalized spacial score (nSPS) is 19.3. The number of nitrogens with zero attached hydrogens (tertiary/aromatic N) is 2. The standard InChI is InChI=1S/C27H32N2O/c30-27(25-15-8-3-9-16-25)22-28-17-10-18-29(20-24-13-6-2-7-14-24)26(21-28)19-23-11-4-1-5-12-23/h1-9,11-16,26-27,30H,10,17-22H2/t26-,27?/m0/s1. The molecule has 3 aromatic rings. The summed E-state index contributed by atoms with van der Waals surface area (Å²) in [6.07, 6.45) is 1.72. The highest BCUT2D eigenvalue weighted by molar-refractivity contribution is 5.19. The third kappa shape index (κ3) is 5.79. The quantitative estimate of drug-likeness (QED) is 0.631. The van der Waals surface area contributed by atoms with E-state index in [1.165, 1.54) is 11.1 Å². The minimum Gasteiger partial charge on any atom is -0.387 e. The van der Waals surface area contributed by atoms with Gasteiger partial charge in [0.1, 0.15) is 0 Å². The van der Waals surface area contributed by atoms with Gasteiger partial charge in [-0.25, -0.2) is 0 Å². The van der Waals surface area contributed by atoms with Gasteiger partial charge >= 0.3 is 0 Å². The van der Waals surface area contributed by atoms with E-state index in [0.717, 1.165) is 44.6 Å². The molecular formula is C27H32N2O. The summed E-state index contributed by atoms with van der Waals surface area (Å²) < 4.78 is 0. The monoisotopic (exact) mass is 400 g/mol. The van der Waals surface area contributed by atoms with E-state index < -0.39 is 6.10 Å². The first-order valence-corrected chi connectivity index (χ1v) is 11.1. The topological polar surface area (TPSA) is 26.7 Å². The van der Waals surface area contributed by atoms with Crippen molar-refractivity contribution < 1.29 is 5.11 Å². The molecule has 3 nitrogen and oxygen atoms in total. The van der Waals surface area contributed by atoms with Gasteiger partial charge < -0.3 is 5.11 Å². The van der Waals surface area contributed by atoms with Crippen molar-refractivity contribution in [3.63, 3.8) is 0 Å². The summed E-state index contributed by atoms with van der Waals surface area (Å²) in [5.74, 6) is 0. The Morgan fingerprint density at radius 1 is 0.767 bits per heavy atom. The minimum atomic E-state index is -0.441. The van der Waals surface area contributed by atoms with Crippen LogP contribution in [0.1, 0.15) is 29.2 Å². The molecule has 3 heteroatoms. The summed E-state index contributed by atoms with van der Waals surface area (Å²) in [5, 5.41) is 10.8. The Morgan fingerprint density at radius 3 is 2.03 bits per heavy atom. The Hall–Kier alpha value is -2.46. The van der Waals surface area contributed by atoms with E-state index in [-0.39, 0.29) is 0 Å². The summed E-state index contributed by atoms with van der Waals surface area (Å²) in [5.41, 5.74) is 3.75. The van der Waals surface area contributed by atoms with Crippen LogP contribution in [0.3, 0.4) is 0 Å². The number of benzene rings is 3. The first kappa shape index (κ1) is 20.8. The Balaban J connectivity index is 1.49. The summed E-state index contributed by atoms with van der Waals surface area (Å²) in [6, 6.07) is 32.1. The van der Waals surface area contributed by atoms with E-state index in [0.29, 0.717) is 12.6 Å². The van der Waals surface area contributed by atoms with Crippen molar-refractivity contribution in [2.24, 2.45) is 0 Å². The SMILES string of the molecule is OC(CN1CCCN(Cc2ccccc2)[C@@H](Cc2ccccc2)C1)c1ccccc1. The maximum absolute atomic E-state index is 10.8. The second-order valence-corrected chi connectivity index (χ2v) is 8.34. The number of hydrogen-bond acceptors (Lipinski definition) is 3. The number of aliphatic hydroxyl groups excluding tert-OH is 1. The van der Waals surface area contributed by atoms with Crippen LogP contribution in [0, 0.1) is 0 Å². The van der Waals surface area contributed by atoms with Crippen molar-refractivity contribution in [3.05, 3.63) is 108 Å². The van der Waals surface area contributed by atoms with E-state index in [4.69, 9.17) is 0 Å². The zero-order valence-corrected chi connectivity index (χ0v) is 17.6. The summed E-state index contributed by atoms with van der Waals surface area (Å²) in [6.45, 7) is 4.76. The second-order valence-electron chi connectivity index (χ2n) is 8.34. The van der Waals surface area contributed by atoms with Crippen LogP contribution in [0.5, 0.6) is 0 Å². The smallest absolute Gasteiger partial charge is 0.0916 e. The molecule has 1 saturated heterocycles. The maximum Gasteiger partial charge on any atom is 0.0916 e. The van der Waals surface area contributed by atoms with Gasteiger partial charge in [0.2, 0.25) is 0 Å². The molecule has 4 rings (SSSR count). The van der Waals surface area contributed by atoms with Gasteiger partial charge in [-0.1, -0.05) is 91.0 Å². The fourth-order valence-corrected chi connectivity index (χ4v) is 4.48. The largest absolute Gasteiger partial charge is 0.387 e. The van der Waals surface area contributed by atoms with Crippen molar-refractivity contribution in [3.8, 4) is 0 Å². The molecule has 0 aromatic heterocycles. The van der Waals surface area contributed by atoms with Gasteiger partial charge in [-0.2, -0.15) is 0 Å². The zero-order chi connectivity index (χ0) is 20.6. The number of β-amino-alcohol motifs (C(OH)–C–C–N with tert-alkyl or cyclic N) is 1. The molecule has 0 bridgehead atoms. The molecule has 1 heterocycles. The van der Waals surface area contributed by atoms with Crippen molar-refractivity contribution in [1.29, 1.82) is 0 Å². The van der Waals surface area contributed by atoms with Crippen LogP contribution in [0.15, 0.2) is 91.0 Å². The highest BCUT2D eigenvalue weighted by Gasteiger charge is 2.26. The van der Waals surface area contributed by atoms with Crippen molar-refractivity contribution in [2.75, 3.05) is 26.2 Å². The highest BCUT2D eigenvalue weighted by atomic mass is 16.3. The highest BCUT2D eigenvalue weighted by Crippen LogP contribution is 2.21. The van der Waals surface area contributed by atoms with E-state index in [9.17, 15) is 5.11 Å². The average molecular weight is 401 g/mol. The molecule has 0 spiro atoms. The second kappa shape index (κ2) is 10.5. The van der Waals surface area contributed by atoms with Gasteiger partial charge in [-0.3, -0.25) is 9.80 Å². The minimum absolute atomic E-state index is 0.429. The lowest BCUT2D eigenvalue weighted by Gasteiger charge is -2.33. The van der Waals surface area contributed by atoms with E-state index in [2.05, 4.69) is 70.5 Å². The predicted molar refractivity (Wildman–Crippen MR) is 123 cm³/mol. The molecule has 2 atom stereocenters. The zero-order valence-electron chi connectivity index (χ0n) is 17.6. The van der Waals surface area contributed by atoms with Gasteiger partial charge in [0, 0.05) is 32.2 Å². The Kier molecular flexibility index (Phi) is 7.30. The molecule has 0 radical (unpaired) electrons. The molecule has 0 saturated carbocycles. The number of rotatable bonds is 7. The molecule has 1 aliphatic heterocycles. The van der Waals surface area contributed by atoms with Crippen LogP contribution in [-0.2, 0) is 13.0 Å². The van der Waals surface area contributed by atoms with Crippen molar-refractivity contribution >= 4 is 0 Å². The average Bonchev–Trinajstić information content (AvgIpc) is 2.97. The molecule has 1 unspecified atom stereocenters. The van der Waals surface area contributed by atoms with Gasteiger partial charge in [0.25, 0.3) is 0 Å². The molecule has 0 amide bonds. The van der Waals surface area contributed by atoms with E-state index >= 15 is 0 Å². The van der Waals surface area contributed by atoms with Crippen LogP contribution >= 0.6 is 0 Å². The molecule has 1 aliphatic rings. The molecule has 0 aliphatic carbocycles. The van der Waals surface area contributed by atoms with Gasteiger partial charge in [0.05, 0.1) is 6.10 Å². The van der Waals surface area contributed by atoms with Crippen LogP contribution in [-0.4, -0.2) is 47.1 Å². The van der Waals surface area contributed by atoms with Crippen molar-refractivity contribution in [1.82, 2.24) is 9.80 Å². The van der Waals surface area contributed by atoms with Gasteiger partial charge in [-0.15, -0.1) is 0 Å². The van der Waals surface area contributed by atoms with Gasteiger partial charge in [0.15, 0.2) is 0 Å². The maximum atomic E-state index is 10.8. The molecule has 1 N–H and O–H groups in total. The fraction of sp³-hybridized carbons (Fsp3) is 0.333.